The summed E-state index contributed by atoms with van der Waals surface area (Å²) in [6.45, 7) is 0. The van der Waals surface area contributed by atoms with Crippen LogP contribution in [0.3, 0.4) is 0 Å². The van der Waals surface area contributed by atoms with Crippen LogP contribution in [0.1, 0.15) is 26.3 Å². The van der Waals surface area contributed by atoms with Gasteiger partial charge in [0.1, 0.15) is 0 Å². The van der Waals surface area contributed by atoms with E-state index in [9.17, 15) is 22.8 Å². The summed E-state index contributed by atoms with van der Waals surface area (Å²) < 4.78 is 53.4. The molecule has 144 valence electrons. The van der Waals surface area contributed by atoms with Gasteiger partial charge in [-0.25, -0.2) is 4.79 Å². The van der Waals surface area contributed by atoms with Gasteiger partial charge >= 0.3 is 12.1 Å². The molecule has 0 radical (unpaired) electrons. The number of amides is 1. The predicted octanol–water partition coefficient (Wildman–Crippen LogP) is 3.76. The van der Waals surface area contributed by atoms with Gasteiger partial charge in [0.25, 0.3) is 5.91 Å². The van der Waals surface area contributed by atoms with Crippen molar-refractivity contribution in [3.05, 3.63) is 53.1 Å². The van der Waals surface area contributed by atoms with E-state index in [2.05, 4.69) is 10.1 Å². The molecule has 0 bridgehead atoms. The highest BCUT2D eigenvalue weighted by atomic mass is 19.4. The number of rotatable bonds is 5. The highest BCUT2D eigenvalue weighted by Gasteiger charge is 2.31. The lowest BCUT2D eigenvalue weighted by Gasteiger charge is -2.15. The van der Waals surface area contributed by atoms with Crippen LogP contribution < -0.4 is 14.8 Å². The Morgan fingerprint density at radius 1 is 0.963 bits per heavy atom. The van der Waals surface area contributed by atoms with Gasteiger partial charge < -0.3 is 19.5 Å². The highest BCUT2D eigenvalue weighted by Crippen LogP contribution is 2.34. The number of esters is 1. The van der Waals surface area contributed by atoms with Crippen molar-refractivity contribution in [2.75, 3.05) is 26.6 Å². The molecular weight excluding hydrogens is 367 g/mol. The largest absolute Gasteiger partial charge is 0.493 e. The molecule has 0 spiro atoms. The van der Waals surface area contributed by atoms with Crippen LogP contribution in [0, 0.1) is 0 Å². The van der Waals surface area contributed by atoms with Crippen molar-refractivity contribution < 1.29 is 37.0 Å². The number of hydrogen-bond acceptors (Lipinski definition) is 5. The first-order chi connectivity index (χ1) is 12.7. The van der Waals surface area contributed by atoms with Crippen molar-refractivity contribution in [1.29, 1.82) is 0 Å². The molecule has 27 heavy (non-hydrogen) atoms. The molecule has 2 rings (SSSR count). The van der Waals surface area contributed by atoms with E-state index >= 15 is 0 Å². The third-order valence-corrected chi connectivity index (χ3v) is 3.63. The van der Waals surface area contributed by atoms with Crippen LogP contribution >= 0.6 is 0 Å². The van der Waals surface area contributed by atoms with Crippen LogP contribution in [0.2, 0.25) is 0 Å². The molecule has 9 heteroatoms. The van der Waals surface area contributed by atoms with Crippen molar-refractivity contribution in [1.82, 2.24) is 0 Å². The number of nitrogens with one attached hydrogen (secondary N) is 1. The molecule has 6 nitrogen and oxygen atoms in total. The SMILES string of the molecule is COC(=O)c1cc(OC)c(OC)cc1NC(=O)c1cccc(C(F)(F)F)c1. The second kappa shape index (κ2) is 7.98. The number of ether oxygens (including phenoxy) is 3. The average molecular weight is 383 g/mol. The number of carbonyl (C=O) groups excluding carboxylic acids is 2. The summed E-state index contributed by atoms with van der Waals surface area (Å²) in [6, 6.07) is 6.53. The lowest BCUT2D eigenvalue weighted by Crippen LogP contribution is -2.17. The summed E-state index contributed by atoms with van der Waals surface area (Å²) in [5.74, 6) is -1.17. The third kappa shape index (κ3) is 4.49. The molecule has 0 unspecified atom stereocenters. The number of carbonyl (C=O) groups is 2. The first kappa shape index (κ1) is 20.1. The molecule has 2 aromatic carbocycles. The zero-order chi connectivity index (χ0) is 20.2. The molecule has 0 aromatic heterocycles. The van der Waals surface area contributed by atoms with Crippen molar-refractivity contribution in [2.24, 2.45) is 0 Å². The molecule has 0 aliphatic carbocycles. The van der Waals surface area contributed by atoms with Gasteiger partial charge in [-0.1, -0.05) is 6.07 Å². The van der Waals surface area contributed by atoms with Gasteiger partial charge in [-0.15, -0.1) is 0 Å². The minimum atomic E-state index is -4.59. The molecular formula is C18H16F3NO5. The van der Waals surface area contributed by atoms with Crippen molar-refractivity contribution in [3.63, 3.8) is 0 Å². The third-order valence-electron chi connectivity index (χ3n) is 3.63. The van der Waals surface area contributed by atoms with Crippen LogP contribution in [-0.2, 0) is 10.9 Å². The highest BCUT2D eigenvalue weighted by molar-refractivity contribution is 6.08. The summed E-state index contributed by atoms with van der Waals surface area (Å²) in [6.07, 6.45) is -4.59. The zero-order valence-corrected chi connectivity index (χ0v) is 14.6. The van der Waals surface area contributed by atoms with Crippen molar-refractivity contribution in [3.8, 4) is 11.5 Å². The van der Waals surface area contributed by atoms with Crippen LogP contribution in [0.5, 0.6) is 11.5 Å². The molecule has 0 heterocycles. The topological polar surface area (TPSA) is 73.9 Å². The number of halogens is 3. The maximum absolute atomic E-state index is 12.8. The molecule has 0 fully saturated rings. The van der Waals surface area contributed by atoms with E-state index in [-0.39, 0.29) is 28.3 Å². The standard InChI is InChI=1S/C18H16F3NO5/c1-25-14-8-12(17(24)27-3)13(9-15(14)26-2)22-16(23)10-5-4-6-11(7-10)18(19,20)21/h4-9H,1-3H3,(H,22,23). The molecule has 1 N–H and O–H groups in total. The number of anilines is 1. The van der Waals surface area contributed by atoms with E-state index in [4.69, 9.17) is 9.47 Å². The van der Waals surface area contributed by atoms with Crippen LogP contribution in [0.25, 0.3) is 0 Å². The van der Waals surface area contributed by atoms with Gasteiger partial charge in [-0.3, -0.25) is 4.79 Å². The first-order valence-electron chi connectivity index (χ1n) is 7.54. The van der Waals surface area contributed by atoms with Gasteiger partial charge in [0.15, 0.2) is 11.5 Å². The summed E-state index contributed by atoms with van der Waals surface area (Å²) >= 11 is 0. The Bertz CT molecular complexity index is 865. The number of methoxy groups -OCH3 is 3. The fourth-order valence-electron chi connectivity index (χ4n) is 2.29. The normalized spacial score (nSPS) is 10.9. The molecule has 0 aliphatic heterocycles. The molecule has 0 saturated carbocycles. The van der Waals surface area contributed by atoms with Crippen LogP contribution in [0.15, 0.2) is 36.4 Å². The molecule has 0 atom stereocenters. The molecule has 1 amide bonds. The van der Waals surface area contributed by atoms with Crippen molar-refractivity contribution in [2.45, 2.75) is 6.18 Å². The van der Waals surface area contributed by atoms with Gasteiger partial charge in [0, 0.05) is 17.7 Å². The van der Waals surface area contributed by atoms with E-state index in [0.29, 0.717) is 6.07 Å². The van der Waals surface area contributed by atoms with Crippen LogP contribution in [0.4, 0.5) is 18.9 Å². The van der Waals surface area contributed by atoms with E-state index in [1.165, 1.54) is 32.4 Å². The Hall–Kier alpha value is -3.23. The second-order valence-corrected chi connectivity index (χ2v) is 5.28. The number of alkyl halides is 3. The zero-order valence-electron chi connectivity index (χ0n) is 14.6. The van der Waals surface area contributed by atoms with Gasteiger partial charge in [-0.05, 0) is 18.2 Å². The Morgan fingerprint density at radius 2 is 1.59 bits per heavy atom. The lowest BCUT2D eigenvalue weighted by molar-refractivity contribution is -0.137. The Balaban J connectivity index is 2.44. The average Bonchev–Trinajstić information content (AvgIpc) is 2.66. The lowest BCUT2D eigenvalue weighted by atomic mass is 10.1. The first-order valence-corrected chi connectivity index (χ1v) is 7.54. The maximum atomic E-state index is 12.8. The fraction of sp³-hybridized carbons (Fsp3) is 0.222. The minimum Gasteiger partial charge on any atom is -0.493 e. The van der Waals surface area contributed by atoms with Crippen molar-refractivity contribution >= 4 is 17.6 Å². The Kier molecular flexibility index (Phi) is 5.94. The van der Waals surface area contributed by atoms with E-state index in [1.807, 2.05) is 0 Å². The quantitative estimate of drug-likeness (QED) is 0.796. The van der Waals surface area contributed by atoms with E-state index in [1.54, 1.807) is 0 Å². The summed E-state index contributed by atoms with van der Waals surface area (Å²) in [5, 5.41) is 2.40. The summed E-state index contributed by atoms with van der Waals surface area (Å²) in [7, 11) is 3.87. The maximum Gasteiger partial charge on any atom is 0.416 e. The molecule has 2 aromatic rings. The van der Waals surface area contributed by atoms with E-state index < -0.39 is 23.6 Å². The second-order valence-electron chi connectivity index (χ2n) is 5.28. The summed E-state index contributed by atoms with van der Waals surface area (Å²) in [5.41, 5.74) is -1.23. The smallest absolute Gasteiger partial charge is 0.416 e. The molecule has 0 aliphatic rings. The van der Waals surface area contributed by atoms with E-state index in [0.717, 1.165) is 19.2 Å². The minimum absolute atomic E-state index is 0.00177. The van der Waals surface area contributed by atoms with Crippen LogP contribution in [-0.4, -0.2) is 33.2 Å². The number of benzene rings is 2. The van der Waals surface area contributed by atoms with Gasteiger partial charge in [-0.2, -0.15) is 13.2 Å². The Morgan fingerprint density at radius 3 is 2.15 bits per heavy atom. The Labute approximate surface area is 152 Å². The van der Waals surface area contributed by atoms with Gasteiger partial charge in [0.2, 0.25) is 0 Å². The molecule has 0 saturated heterocycles. The number of hydrogen-bond donors (Lipinski definition) is 1. The fourth-order valence-corrected chi connectivity index (χ4v) is 2.29. The predicted molar refractivity (Wildman–Crippen MR) is 90.3 cm³/mol. The monoisotopic (exact) mass is 383 g/mol. The summed E-state index contributed by atoms with van der Waals surface area (Å²) in [4.78, 5) is 24.4. The van der Waals surface area contributed by atoms with Gasteiger partial charge in [0.05, 0.1) is 38.1 Å².